The third kappa shape index (κ3) is 4.69. The Kier molecular flexibility index (Phi) is 5.53. The lowest BCUT2D eigenvalue weighted by molar-refractivity contribution is -0.137. The molecule has 1 aromatic heterocycles. The Bertz CT molecular complexity index is 786. The van der Waals surface area contributed by atoms with E-state index in [2.05, 4.69) is 4.98 Å². The number of nitrogens with zero attached hydrogens (tertiary/aromatic N) is 3. The predicted octanol–water partition coefficient (Wildman–Crippen LogP) is 3.09. The quantitative estimate of drug-likeness (QED) is 0.887. The van der Waals surface area contributed by atoms with Gasteiger partial charge in [0.25, 0.3) is 0 Å². The average molecular weight is 379 g/mol. The summed E-state index contributed by atoms with van der Waals surface area (Å²) in [7, 11) is 0. The number of para-hydroxylation sites is 1. The summed E-state index contributed by atoms with van der Waals surface area (Å²) in [6.45, 7) is 2.01. The molecule has 1 aromatic carbocycles. The number of pyridine rings is 1. The number of hydrogen-bond acceptors (Lipinski definition) is 4. The van der Waals surface area contributed by atoms with Crippen LogP contribution in [0.15, 0.2) is 42.6 Å². The Hall–Kier alpha value is -2.77. The van der Waals surface area contributed by atoms with Crippen LogP contribution >= 0.6 is 0 Å². The summed E-state index contributed by atoms with van der Waals surface area (Å²) in [5, 5.41) is 9.76. The number of piperazine rings is 1. The summed E-state index contributed by atoms with van der Waals surface area (Å²) in [4.78, 5) is 19.9. The maximum absolute atomic E-state index is 12.6. The molecule has 144 valence electrons. The lowest BCUT2D eigenvalue weighted by Crippen LogP contribution is -2.49. The van der Waals surface area contributed by atoms with Crippen LogP contribution in [0.1, 0.15) is 17.5 Å². The van der Waals surface area contributed by atoms with Crippen molar-refractivity contribution in [1.82, 2.24) is 9.88 Å². The van der Waals surface area contributed by atoms with E-state index in [4.69, 9.17) is 0 Å². The first-order valence-electron chi connectivity index (χ1n) is 8.67. The van der Waals surface area contributed by atoms with Gasteiger partial charge in [-0.15, -0.1) is 0 Å². The molecule has 3 rings (SSSR count). The molecule has 0 atom stereocenters. The molecule has 0 bridgehead atoms. The molecule has 0 radical (unpaired) electrons. The highest BCUT2D eigenvalue weighted by Crippen LogP contribution is 2.29. The topological polar surface area (TPSA) is 56.7 Å². The highest BCUT2D eigenvalue weighted by Gasteiger charge is 2.31. The van der Waals surface area contributed by atoms with E-state index in [1.165, 1.54) is 6.07 Å². The van der Waals surface area contributed by atoms with Crippen LogP contribution < -0.4 is 4.90 Å². The van der Waals surface area contributed by atoms with E-state index in [-0.39, 0.29) is 11.7 Å². The SMILES string of the molecule is O=C(CCc1ccccc1O)N1CCN(c2ccc(C(F)(F)F)cn2)CC1. The third-order valence-electron chi connectivity index (χ3n) is 4.63. The van der Waals surface area contributed by atoms with Gasteiger partial charge in [-0.1, -0.05) is 18.2 Å². The van der Waals surface area contributed by atoms with Crippen LogP contribution in [0.25, 0.3) is 0 Å². The summed E-state index contributed by atoms with van der Waals surface area (Å²) >= 11 is 0. The van der Waals surface area contributed by atoms with Gasteiger partial charge in [0.05, 0.1) is 5.56 Å². The molecule has 0 spiro atoms. The first-order valence-corrected chi connectivity index (χ1v) is 8.67. The lowest BCUT2D eigenvalue weighted by atomic mass is 10.1. The van der Waals surface area contributed by atoms with Gasteiger partial charge < -0.3 is 14.9 Å². The van der Waals surface area contributed by atoms with Gasteiger partial charge in [0.15, 0.2) is 0 Å². The van der Waals surface area contributed by atoms with Gasteiger partial charge >= 0.3 is 6.18 Å². The maximum atomic E-state index is 12.6. The zero-order valence-corrected chi connectivity index (χ0v) is 14.6. The lowest BCUT2D eigenvalue weighted by Gasteiger charge is -2.35. The van der Waals surface area contributed by atoms with Gasteiger partial charge in [0.2, 0.25) is 5.91 Å². The normalized spacial score (nSPS) is 15.1. The minimum absolute atomic E-state index is 0.00159. The van der Waals surface area contributed by atoms with Crippen molar-refractivity contribution in [2.45, 2.75) is 19.0 Å². The van der Waals surface area contributed by atoms with E-state index < -0.39 is 11.7 Å². The second-order valence-corrected chi connectivity index (χ2v) is 6.40. The van der Waals surface area contributed by atoms with Gasteiger partial charge in [-0.05, 0) is 30.2 Å². The van der Waals surface area contributed by atoms with Gasteiger partial charge in [-0.3, -0.25) is 4.79 Å². The Morgan fingerprint density at radius 2 is 1.78 bits per heavy atom. The third-order valence-corrected chi connectivity index (χ3v) is 4.63. The first kappa shape index (κ1) is 19.0. The number of carbonyl (C=O) groups excluding carboxylic acids is 1. The first-order chi connectivity index (χ1) is 12.8. The highest BCUT2D eigenvalue weighted by atomic mass is 19.4. The fraction of sp³-hybridized carbons (Fsp3) is 0.368. The Balaban J connectivity index is 1.51. The van der Waals surface area contributed by atoms with E-state index in [0.29, 0.717) is 44.8 Å². The van der Waals surface area contributed by atoms with E-state index in [9.17, 15) is 23.1 Å². The van der Waals surface area contributed by atoms with Crippen LogP contribution in [0.2, 0.25) is 0 Å². The molecule has 0 saturated carbocycles. The van der Waals surface area contributed by atoms with Crippen molar-refractivity contribution in [2.24, 2.45) is 0 Å². The van der Waals surface area contributed by atoms with E-state index >= 15 is 0 Å². The molecule has 2 aromatic rings. The number of halogens is 3. The Morgan fingerprint density at radius 1 is 1.07 bits per heavy atom. The molecule has 1 amide bonds. The number of alkyl halides is 3. The largest absolute Gasteiger partial charge is 0.508 e. The van der Waals surface area contributed by atoms with Gasteiger partial charge in [-0.25, -0.2) is 4.98 Å². The Labute approximate surface area is 155 Å². The van der Waals surface area contributed by atoms with Crippen molar-refractivity contribution in [1.29, 1.82) is 0 Å². The number of benzene rings is 1. The monoisotopic (exact) mass is 379 g/mol. The summed E-state index contributed by atoms with van der Waals surface area (Å²) < 4.78 is 37.8. The molecule has 0 unspecified atom stereocenters. The standard InChI is InChI=1S/C19H20F3N3O2/c20-19(21,22)15-6-7-17(23-13-15)24-9-11-25(12-10-24)18(27)8-5-14-3-1-2-4-16(14)26/h1-4,6-7,13,26H,5,8-12H2. The number of carbonyl (C=O) groups is 1. The van der Waals surface area contributed by atoms with Gasteiger partial charge in [0.1, 0.15) is 11.6 Å². The number of phenolic OH excluding ortho intramolecular Hbond substituents is 1. The molecular formula is C19H20F3N3O2. The van der Waals surface area contributed by atoms with Crippen molar-refractivity contribution in [3.05, 3.63) is 53.7 Å². The molecule has 27 heavy (non-hydrogen) atoms. The second-order valence-electron chi connectivity index (χ2n) is 6.40. The summed E-state index contributed by atoms with van der Waals surface area (Å²) in [6.07, 6.45) is -2.80. The van der Waals surface area contributed by atoms with Crippen LogP contribution in [0, 0.1) is 0 Å². The second kappa shape index (κ2) is 7.85. The molecule has 5 nitrogen and oxygen atoms in total. The van der Waals surface area contributed by atoms with Crippen LogP contribution in [-0.4, -0.2) is 47.1 Å². The Morgan fingerprint density at radius 3 is 2.37 bits per heavy atom. The molecule has 1 N–H and O–H groups in total. The van der Waals surface area contributed by atoms with Crippen LogP contribution in [0.5, 0.6) is 5.75 Å². The molecule has 1 aliphatic heterocycles. The number of anilines is 1. The zero-order valence-electron chi connectivity index (χ0n) is 14.6. The number of amides is 1. The predicted molar refractivity (Wildman–Crippen MR) is 94.5 cm³/mol. The van der Waals surface area contributed by atoms with Crippen molar-refractivity contribution < 1.29 is 23.1 Å². The van der Waals surface area contributed by atoms with E-state index in [0.717, 1.165) is 17.8 Å². The zero-order chi connectivity index (χ0) is 19.4. The average Bonchev–Trinajstić information content (AvgIpc) is 2.67. The molecule has 0 aliphatic carbocycles. The van der Waals surface area contributed by atoms with Crippen molar-refractivity contribution in [2.75, 3.05) is 31.1 Å². The fourth-order valence-corrected chi connectivity index (χ4v) is 3.05. The summed E-state index contributed by atoms with van der Waals surface area (Å²) in [5.41, 5.74) is -0.0392. The van der Waals surface area contributed by atoms with Gasteiger partial charge in [-0.2, -0.15) is 13.2 Å². The molecule has 8 heteroatoms. The van der Waals surface area contributed by atoms with Crippen molar-refractivity contribution in [3.63, 3.8) is 0 Å². The maximum Gasteiger partial charge on any atom is 0.417 e. The molecule has 1 saturated heterocycles. The van der Waals surface area contributed by atoms with Crippen molar-refractivity contribution in [3.8, 4) is 5.75 Å². The van der Waals surface area contributed by atoms with Gasteiger partial charge in [0, 0.05) is 38.8 Å². The number of hydrogen-bond donors (Lipinski definition) is 1. The molecule has 2 heterocycles. The summed E-state index contributed by atoms with van der Waals surface area (Å²) in [5.74, 6) is 0.658. The molecular weight excluding hydrogens is 359 g/mol. The fourth-order valence-electron chi connectivity index (χ4n) is 3.05. The molecule has 1 fully saturated rings. The number of aryl methyl sites for hydroxylation is 1. The van der Waals surface area contributed by atoms with Crippen LogP contribution in [0.4, 0.5) is 19.0 Å². The minimum Gasteiger partial charge on any atom is -0.508 e. The minimum atomic E-state index is -4.40. The number of aromatic nitrogens is 1. The number of rotatable bonds is 4. The number of aromatic hydroxyl groups is 1. The highest BCUT2D eigenvalue weighted by molar-refractivity contribution is 5.77. The number of phenols is 1. The van der Waals surface area contributed by atoms with Crippen molar-refractivity contribution >= 4 is 11.7 Å². The van der Waals surface area contributed by atoms with E-state index in [1.54, 1.807) is 23.1 Å². The summed E-state index contributed by atoms with van der Waals surface area (Å²) in [6, 6.07) is 9.31. The van der Waals surface area contributed by atoms with Crippen LogP contribution in [0.3, 0.4) is 0 Å². The molecule has 1 aliphatic rings. The van der Waals surface area contributed by atoms with Crippen LogP contribution in [-0.2, 0) is 17.4 Å². The van der Waals surface area contributed by atoms with E-state index in [1.807, 2.05) is 11.0 Å². The smallest absolute Gasteiger partial charge is 0.417 e.